The molecule has 1 fully saturated rings. The van der Waals surface area contributed by atoms with Gasteiger partial charge in [-0.25, -0.2) is 0 Å². The molecular weight excluding hydrogens is 232 g/mol. The predicted molar refractivity (Wildman–Crippen MR) is 72.3 cm³/mol. The molecule has 1 aliphatic rings. The van der Waals surface area contributed by atoms with Crippen molar-refractivity contribution in [1.82, 2.24) is 0 Å². The Bertz CT molecular complexity index is 415. The van der Waals surface area contributed by atoms with Crippen molar-refractivity contribution in [2.45, 2.75) is 45.6 Å². The van der Waals surface area contributed by atoms with Gasteiger partial charge in [-0.1, -0.05) is 37.6 Å². The molecule has 0 amide bonds. The van der Waals surface area contributed by atoms with Gasteiger partial charge in [0.05, 0.1) is 5.60 Å². The zero-order chi connectivity index (χ0) is 12.6. The zero-order valence-electron chi connectivity index (χ0n) is 10.8. The van der Waals surface area contributed by atoms with Crippen LogP contribution in [0.2, 0.25) is 5.02 Å². The standard InChI is InChI=1S/C15H21ClO/c1-10-6-7-15(17,12(3)8-10)13-5-4-11(2)14(16)9-13/h4-5,9-10,12,17H,6-8H2,1-3H3. The minimum absolute atomic E-state index is 0.296. The van der Waals surface area contributed by atoms with Gasteiger partial charge in [0.15, 0.2) is 0 Å². The molecule has 1 saturated carbocycles. The van der Waals surface area contributed by atoms with Crippen LogP contribution in [-0.4, -0.2) is 5.11 Å². The molecule has 1 aromatic carbocycles. The van der Waals surface area contributed by atoms with Crippen LogP contribution in [0.4, 0.5) is 0 Å². The van der Waals surface area contributed by atoms with E-state index < -0.39 is 5.60 Å². The van der Waals surface area contributed by atoms with Crippen molar-refractivity contribution in [2.75, 3.05) is 0 Å². The number of rotatable bonds is 1. The molecule has 2 heteroatoms. The van der Waals surface area contributed by atoms with Crippen LogP contribution in [0.15, 0.2) is 18.2 Å². The molecule has 3 unspecified atom stereocenters. The van der Waals surface area contributed by atoms with Crippen LogP contribution in [0.1, 0.15) is 44.2 Å². The van der Waals surface area contributed by atoms with Crippen LogP contribution in [0.5, 0.6) is 0 Å². The fourth-order valence-corrected chi connectivity index (χ4v) is 3.10. The van der Waals surface area contributed by atoms with Gasteiger partial charge < -0.3 is 5.11 Å². The molecule has 17 heavy (non-hydrogen) atoms. The first-order chi connectivity index (χ1) is 7.93. The highest BCUT2D eigenvalue weighted by molar-refractivity contribution is 6.31. The molecule has 0 saturated heterocycles. The zero-order valence-corrected chi connectivity index (χ0v) is 11.6. The van der Waals surface area contributed by atoms with Crippen molar-refractivity contribution in [2.24, 2.45) is 11.8 Å². The maximum absolute atomic E-state index is 10.9. The molecule has 0 heterocycles. The molecule has 94 valence electrons. The van der Waals surface area contributed by atoms with Crippen molar-refractivity contribution >= 4 is 11.6 Å². The number of aryl methyl sites for hydroxylation is 1. The summed E-state index contributed by atoms with van der Waals surface area (Å²) in [5.41, 5.74) is 1.35. The lowest BCUT2D eigenvalue weighted by Gasteiger charge is -2.41. The highest BCUT2D eigenvalue weighted by Crippen LogP contribution is 2.44. The third-order valence-electron chi connectivity index (χ3n) is 4.26. The van der Waals surface area contributed by atoms with Crippen LogP contribution < -0.4 is 0 Å². The number of hydrogen-bond donors (Lipinski definition) is 1. The van der Waals surface area contributed by atoms with Crippen molar-refractivity contribution in [3.63, 3.8) is 0 Å². The van der Waals surface area contributed by atoms with E-state index in [1.165, 1.54) is 0 Å². The third kappa shape index (κ3) is 2.36. The van der Waals surface area contributed by atoms with E-state index in [1.54, 1.807) is 0 Å². The van der Waals surface area contributed by atoms with Gasteiger partial charge in [0.1, 0.15) is 0 Å². The van der Waals surface area contributed by atoms with Crippen LogP contribution in [0.25, 0.3) is 0 Å². The molecule has 1 N–H and O–H groups in total. The van der Waals surface area contributed by atoms with Crippen LogP contribution in [0.3, 0.4) is 0 Å². The Morgan fingerprint density at radius 3 is 2.65 bits per heavy atom. The van der Waals surface area contributed by atoms with Gasteiger partial charge in [0.2, 0.25) is 0 Å². The van der Waals surface area contributed by atoms with E-state index in [0.717, 1.165) is 35.4 Å². The van der Waals surface area contributed by atoms with E-state index in [9.17, 15) is 5.11 Å². The molecule has 1 nitrogen and oxygen atoms in total. The van der Waals surface area contributed by atoms with Crippen LogP contribution in [0, 0.1) is 18.8 Å². The third-order valence-corrected chi connectivity index (χ3v) is 4.67. The normalized spacial score (nSPS) is 33.7. The van der Waals surface area contributed by atoms with E-state index in [0.29, 0.717) is 11.8 Å². The Labute approximate surface area is 109 Å². The van der Waals surface area contributed by atoms with E-state index in [1.807, 2.05) is 25.1 Å². The van der Waals surface area contributed by atoms with Gasteiger partial charge in [-0.05, 0) is 55.2 Å². The van der Waals surface area contributed by atoms with Crippen molar-refractivity contribution in [1.29, 1.82) is 0 Å². The monoisotopic (exact) mass is 252 g/mol. The summed E-state index contributed by atoms with van der Waals surface area (Å²) in [6.45, 7) is 6.39. The molecule has 0 aliphatic heterocycles. The molecule has 0 radical (unpaired) electrons. The number of halogens is 1. The van der Waals surface area contributed by atoms with Gasteiger partial charge in [0, 0.05) is 5.02 Å². The van der Waals surface area contributed by atoms with Gasteiger partial charge in [0.25, 0.3) is 0 Å². The number of hydrogen-bond acceptors (Lipinski definition) is 1. The van der Waals surface area contributed by atoms with Crippen molar-refractivity contribution < 1.29 is 5.11 Å². The summed E-state index contributed by atoms with van der Waals surface area (Å²) >= 11 is 6.16. The Kier molecular flexibility index (Phi) is 3.51. The lowest BCUT2D eigenvalue weighted by molar-refractivity contribution is -0.0587. The largest absolute Gasteiger partial charge is 0.385 e. The summed E-state index contributed by atoms with van der Waals surface area (Å²) in [5, 5.41) is 11.6. The van der Waals surface area contributed by atoms with E-state index in [-0.39, 0.29) is 0 Å². The molecule has 0 bridgehead atoms. The van der Waals surface area contributed by atoms with Gasteiger partial charge in [-0.2, -0.15) is 0 Å². The Hall–Kier alpha value is -0.530. The lowest BCUT2D eigenvalue weighted by Crippen LogP contribution is -2.38. The minimum atomic E-state index is -0.691. The molecular formula is C15H21ClO. The lowest BCUT2D eigenvalue weighted by atomic mass is 9.69. The Morgan fingerprint density at radius 1 is 1.35 bits per heavy atom. The fraction of sp³-hybridized carbons (Fsp3) is 0.600. The second kappa shape index (κ2) is 4.62. The summed E-state index contributed by atoms with van der Waals surface area (Å²) < 4.78 is 0. The molecule has 2 rings (SSSR count). The number of aliphatic hydroxyl groups is 1. The first-order valence-corrected chi connectivity index (χ1v) is 6.80. The maximum Gasteiger partial charge on any atom is 0.0922 e. The number of benzene rings is 1. The summed E-state index contributed by atoms with van der Waals surface area (Å²) in [6.07, 6.45) is 3.02. The van der Waals surface area contributed by atoms with Gasteiger partial charge in [-0.15, -0.1) is 0 Å². The Morgan fingerprint density at radius 2 is 2.06 bits per heavy atom. The highest BCUT2D eigenvalue weighted by Gasteiger charge is 2.39. The molecule has 1 aliphatic carbocycles. The summed E-state index contributed by atoms with van der Waals surface area (Å²) in [5.74, 6) is 1.01. The first-order valence-electron chi connectivity index (χ1n) is 6.42. The second-order valence-corrected chi connectivity index (χ2v) is 6.08. The molecule has 0 spiro atoms. The highest BCUT2D eigenvalue weighted by atomic mass is 35.5. The van der Waals surface area contributed by atoms with Crippen molar-refractivity contribution in [3.05, 3.63) is 34.3 Å². The molecule has 3 atom stereocenters. The first kappa shape index (κ1) is 12.9. The fourth-order valence-electron chi connectivity index (χ4n) is 2.92. The molecule has 1 aromatic rings. The maximum atomic E-state index is 10.9. The average molecular weight is 253 g/mol. The summed E-state index contributed by atoms with van der Waals surface area (Å²) in [6, 6.07) is 5.96. The van der Waals surface area contributed by atoms with E-state index in [2.05, 4.69) is 13.8 Å². The van der Waals surface area contributed by atoms with Crippen molar-refractivity contribution in [3.8, 4) is 0 Å². The van der Waals surface area contributed by atoms with E-state index in [4.69, 9.17) is 11.6 Å². The smallest absolute Gasteiger partial charge is 0.0922 e. The summed E-state index contributed by atoms with van der Waals surface area (Å²) in [7, 11) is 0. The summed E-state index contributed by atoms with van der Waals surface area (Å²) in [4.78, 5) is 0. The van der Waals surface area contributed by atoms with Gasteiger partial charge >= 0.3 is 0 Å². The average Bonchev–Trinajstić information content (AvgIpc) is 2.28. The predicted octanol–water partition coefficient (Wildman–Crippen LogP) is 4.29. The quantitative estimate of drug-likeness (QED) is 0.791. The molecule has 0 aromatic heterocycles. The minimum Gasteiger partial charge on any atom is -0.385 e. The van der Waals surface area contributed by atoms with E-state index >= 15 is 0 Å². The van der Waals surface area contributed by atoms with Crippen LogP contribution >= 0.6 is 11.6 Å². The Balaban J connectivity index is 2.34. The SMILES string of the molecule is Cc1ccc(C2(O)CCC(C)CC2C)cc1Cl. The second-order valence-electron chi connectivity index (χ2n) is 5.67. The topological polar surface area (TPSA) is 20.2 Å². The van der Waals surface area contributed by atoms with Crippen LogP contribution in [-0.2, 0) is 5.60 Å². The van der Waals surface area contributed by atoms with Gasteiger partial charge in [-0.3, -0.25) is 0 Å².